The number of hydrogen-bond acceptors (Lipinski definition) is 5. The molecule has 3 rings (SSSR count). The molecule has 1 aliphatic rings. The van der Waals surface area contributed by atoms with Gasteiger partial charge in [0.05, 0.1) is 12.6 Å². The number of nitrogens with one attached hydrogen (secondary N) is 1. The summed E-state index contributed by atoms with van der Waals surface area (Å²) in [6, 6.07) is 7.50. The van der Waals surface area contributed by atoms with Gasteiger partial charge in [0.1, 0.15) is 0 Å². The summed E-state index contributed by atoms with van der Waals surface area (Å²) in [6.07, 6.45) is 2.43. The zero-order chi connectivity index (χ0) is 18.5. The fourth-order valence-electron chi connectivity index (χ4n) is 2.77. The zero-order valence-electron chi connectivity index (χ0n) is 14.9. The van der Waals surface area contributed by atoms with E-state index in [0.29, 0.717) is 28.5 Å². The molecule has 1 N–H and O–H groups in total. The maximum atomic E-state index is 5.92. The predicted molar refractivity (Wildman–Crippen MR) is 105 cm³/mol. The molecule has 0 saturated carbocycles. The fraction of sp³-hybridized carbons (Fsp3) is 0.500. The van der Waals surface area contributed by atoms with E-state index in [4.69, 9.17) is 33.0 Å². The maximum Gasteiger partial charge on any atom is 0.247 e. The van der Waals surface area contributed by atoms with Crippen LogP contribution in [0.3, 0.4) is 0 Å². The topological polar surface area (TPSA) is 63.4 Å². The number of halogens is 1. The molecule has 1 atom stereocenters. The van der Waals surface area contributed by atoms with Gasteiger partial charge in [-0.1, -0.05) is 11.6 Å². The minimum Gasteiger partial charge on any atom is -0.419 e. The molecule has 0 aliphatic carbocycles. The second-order valence-electron chi connectivity index (χ2n) is 6.55. The molecule has 1 saturated heterocycles. The molecular weight excluding hydrogens is 372 g/mol. The summed E-state index contributed by atoms with van der Waals surface area (Å²) in [5.74, 6) is 0.989. The molecule has 0 unspecified atom stereocenters. The van der Waals surface area contributed by atoms with Crippen molar-refractivity contribution in [3.63, 3.8) is 0 Å². The van der Waals surface area contributed by atoms with Gasteiger partial charge >= 0.3 is 0 Å². The van der Waals surface area contributed by atoms with Gasteiger partial charge in [-0.05, 0) is 63.2 Å². The van der Waals surface area contributed by atoms with E-state index in [9.17, 15) is 0 Å². The number of thiocarbonyl (C=S) groups is 1. The van der Waals surface area contributed by atoms with Crippen LogP contribution in [0, 0.1) is 0 Å². The molecule has 0 radical (unpaired) electrons. The van der Waals surface area contributed by atoms with Gasteiger partial charge in [0.25, 0.3) is 0 Å². The van der Waals surface area contributed by atoms with E-state index < -0.39 is 0 Å². The molecule has 2 heterocycles. The molecule has 26 heavy (non-hydrogen) atoms. The number of benzene rings is 1. The highest BCUT2D eigenvalue weighted by Gasteiger charge is 2.20. The van der Waals surface area contributed by atoms with E-state index in [2.05, 4.69) is 29.4 Å². The zero-order valence-corrected chi connectivity index (χ0v) is 16.5. The summed E-state index contributed by atoms with van der Waals surface area (Å²) in [5.41, 5.74) is 0.836. The van der Waals surface area contributed by atoms with E-state index in [1.807, 2.05) is 17.0 Å². The van der Waals surface area contributed by atoms with Gasteiger partial charge in [0.15, 0.2) is 5.11 Å². The number of rotatable bonds is 6. The average Bonchev–Trinajstić information content (AvgIpc) is 3.30. The number of nitrogens with zero attached hydrogens (tertiary/aromatic N) is 3. The SMILES string of the molecule is CC(C)N(Cc1nnc(-c2ccc(Cl)cc2)o1)C(=S)NC[C@@H]1CCCO1. The van der Waals surface area contributed by atoms with Crippen molar-refractivity contribution in [1.82, 2.24) is 20.4 Å². The fourth-order valence-corrected chi connectivity index (χ4v) is 3.25. The molecule has 140 valence electrons. The van der Waals surface area contributed by atoms with Crippen molar-refractivity contribution in [2.24, 2.45) is 0 Å². The van der Waals surface area contributed by atoms with E-state index in [-0.39, 0.29) is 12.1 Å². The van der Waals surface area contributed by atoms with Crippen molar-refractivity contribution in [3.05, 3.63) is 35.2 Å². The van der Waals surface area contributed by atoms with Crippen LogP contribution in [0.15, 0.2) is 28.7 Å². The third kappa shape index (κ3) is 4.93. The van der Waals surface area contributed by atoms with Gasteiger partial charge in [0, 0.05) is 29.8 Å². The number of hydrogen-bond donors (Lipinski definition) is 1. The average molecular weight is 395 g/mol. The molecule has 1 aromatic carbocycles. The van der Waals surface area contributed by atoms with Crippen molar-refractivity contribution in [1.29, 1.82) is 0 Å². The Morgan fingerprint density at radius 1 is 1.35 bits per heavy atom. The van der Waals surface area contributed by atoms with E-state index >= 15 is 0 Å². The normalized spacial score (nSPS) is 16.8. The van der Waals surface area contributed by atoms with Crippen LogP contribution in [0.25, 0.3) is 11.5 Å². The van der Waals surface area contributed by atoms with Gasteiger partial charge in [0.2, 0.25) is 11.8 Å². The van der Waals surface area contributed by atoms with Crippen molar-refractivity contribution in [3.8, 4) is 11.5 Å². The Balaban J connectivity index is 1.62. The van der Waals surface area contributed by atoms with E-state index in [1.54, 1.807) is 12.1 Å². The van der Waals surface area contributed by atoms with Gasteiger partial charge in [-0.25, -0.2) is 0 Å². The molecule has 2 aromatic rings. The van der Waals surface area contributed by atoms with Crippen LogP contribution < -0.4 is 5.32 Å². The van der Waals surface area contributed by atoms with Crippen LogP contribution in [-0.2, 0) is 11.3 Å². The number of ether oxygens (including phenoxy) is 1. The Labute approximate surface area is 163 Å². The summed E-state index contributed by atoms with van der Waals surface area (Å²) in [7, 11) is 0. The lowest BCUT2D eigenvalue weighted by molar-refractivity contribution is 0.113. The highest BCUT2D eigenvalue weighted by Crippen LogP contribution is 2.21. The van der Waals surface area contributed by atoms with Gasteiger partial charge in [-0.3, -0.25) is 0 Å². The summed E-state index contributed by atoms with van der Waals surface area (Å²) in [5, 5.41) is 12.9. The first-order chi connectivity index (χ1) is 12.5. The third-order valence-electron chi connectivity index (χ3n) is 4.25. The summed E-state index contributed by atoms with van der Waals surface area (Å²) in [4.78, 5) is 2.03. The summed E-state index contributed by atoms with van der Waals surface area (Å²) < 4.78 is 11.4. The Morgan fingerprint density at radius 3 is 2.77 bits per heavy atom. The van der Waals surface area contributed by atoms with Crippen molar-refractivity contribution in [2.45, 2.75) is 45.4 Å². The summed E-state index contributed by atoms with van der Waals surface area (Å²) in [6.45, 7) is 6.17. The maximum absolute atomic E-state index is 5.92. The third-order valence-corrected chi connectivity index (χ3v) is 4.88. The first-order valence-corrected chi connectivity index (χ1v) is 9.56. The first-order valence-electron chi connectivity index (χ1n) is 8.77. The minimum absolute atomic E-state index is 0.199. The Kier molecular flexibility index (Phi) is 6.45. The first kappa shape index (κ1) is 19.1. The molecule has 6 nitrogen and oxygen atoms in total. The van der Waals surface area contributed by atoms with Crippen LogP contribution in [0.4, 0.5) is 0 Å². The largest absolute Gasteiger partial charge is 0.419 e. The molecule has 0 spiro atoms. The molecule has 1 fully saturated rings. The molecular formula is C18H23ClN4O2S. The van der Waals surface area contributed by atoms with Crippen LogP contribution >= 0.6 is 23.8 Å². The molecule has 0 bridgehead atoms. The Bertz CT molecular complexity index is 729. The smallest absolute Gasteiger partial charge is 0.247 e. The highest BCUT2D eigenvalue weighted by molar-refractivity contribution is 7.80. The molecule has 8 heteroatoms. The Hall–Kier alpha value is -1.70. The lowest BCUT2D eigenvalue weighted by atomic mass is 10.2. The highest BCUT2D eigenvalue weighted by atomic mass is 35.5. The lowest BCUT2D eigenvalue weighted by Crippen LogP contribution is -2.45. The van der Waals surface area contributed by atoms with Gasteiger partial charge in [-0.2, -0.15) is 0 Å². The van der Waals surface area contributed by atoms with Gasteiger partial charge < -0.3 is 19.4 Å². The molecule has 1 aromatic heterocycles. The van der Waals surface area contributed by atoms with Crippen molar-refractivity contribution < 1.29 is 9.15 Å². The van der Waals surface area contributed by atoms with E-state index in [0.717, 1.165) is 31.6 Å². The van der Waals surface area contributed by atoms with Crippen LogP contribution in [0.5, 0.6) is 0 Å². The monoisotopic (exact) mass is 394 g/mol. The second-order valence-corrected chi connectivity index (χ2v) is 7.37. The quantitative estimate of drug-likeness (QED) is 0.750. The minimum atomic E-state index is 0.199. The lowest BCUT2D eigenvalue weighted by Gasteiger charge is -2.28. The van der Waals surface area contributed by atoms with Crippen LogP contribution in [0.1, 0.15) is 32.6 Å². The van der Waals surface area contributed by atoms with Crippen LogP contribution in [-0.4, -0.2) is 45.5 Å². The Morgan fingerprint density at radius 2 is 2.12 bits per heavy atom. The molecule has 0 amide bonds. The van der Waals surface area contributed by atoms with Crippen molar-refractivity contribution >= 4 is 28.9 Å². The summed E-state index contributed by atoms with van der Waals surface area (Å²) >= 11 is 11.5. The van der Waals surface area contributed by atoms with Crippen LogP contribution in [0.2, 0.25) is 5.02 Å². The standard InChI is InChI=1S/C18H23ClN4O2S/c1-12(2)23(18(26)20-10-15-4-3-9-24-15)11-16-21-22-17(25-16)13-5-7-14(19)8-6-13/h5-8,12,15H,3-4,9-11H2,1-2H3,(H,20,26)/t15-/m0/s1. The van der Waals surface area contributed by atoms with Gasteiger partial charge in [-0.15, -0.1) is 10.2 Å². The van der Waals surface area contributed by atoms with E-state index in [1.165, 1.54) is 0 Å². The molecule has 1 aliphatic heterocycles. The second kappa shape index (κ2) is 8.79. The van der Waals surface area contributed by atoms with Crippen molar-refractivity contribution in [2.75, 3.05) is 13.2 Å². The number of aromatic nitrogens is 2. The predicted octanol–water partition coefficient (Wildman–Crippen LogP) is 3.65.